The molecule has 0 saturated carbocycles. The molecule has 2 heteroatoms. The van der Waals surface area contributed by atoms with Gasteiger partial charge < -0.3 is 9.90 Å². The second-order valence-corrected chi connectivity index (χ2v) is 1.63. The van der Waals surface area contributed by atoms with Gasteiger partial charge in [-0.15, -0.1) is 0 Å². The molecule has 1 atom stereocenters. The molecular formula is C5H10O2. The molecule has 42 valence electrons. The normalized spacial score (nSPS) is 13.4. The van der Waals surface area contributed by atoms with Crippen LogP contribution in [-0.4, -0.2) is 18.0 Å². The van der Waals surface area contributed by atoms with E-state index in [4.69, 9.17) is 5.11 Å². The first kappa shape index (κ1) is 6.63. The highest BCUT2D eigenvalue weighted by Crippen LogP contribution is 1.92. The summed E-state index contributed by atoms with van der Waals surface area (Å²) in [5.74, 6) is 0.0185. The number of aliphatic hydroxyl groups is 1. The van der Waals surface area contributed by atoms with Crippen molar-refractivity contribution in [3.8, 4) is 0 Å². The molecule has 0 radical (unpaired) electrons. The summed E-state index contributed by atoms with van der Waals surface area (Å²) < 4.78 is 0. The summed E-state index contributed by atoms with van der Waals surface area (Å²) in [5, 5.41) is 8.21. The van der Waals surface area contributed by atoms with Crippen LogP contribution in [0.4, 0.5) is 0 Å². The molecular weight excluding hydrogens is 92.1 g/mol. The van der Waals surface area contributed by atoms with Gasteiger partial charge in [0.25, 0.3) is 0 Å². The molecule has 0 aromatic heterocycles. The lowest BCUT2D eigenvalue weighted by atomic mass is 10.1. The molecule has 0 aromatic rings. The predicted octanol–water partition coefficient (Wildman–Crippen LogP) is 0.204. The summed E-state index contributed by atoms with van der Waals surface area (Å²) in [4.78, 5) is 9.78. The van der Waals surface area contributed by atoms with Crippen molar-refractivity contribution in [2.45, 2.75) is 13.3 Å². The van der Waals surface area contributed by atoms with Crippen molar-refractivity contribution in [1.29, 1.82) is 0 Å². The van der Waals surface area contributed by atoms with Crippen LogP contribution in [0.3, 0.4) is 0 Å². The van der Waals surface area contributed by atoms with Crippen molar-refractivity contribution in [2.75, 3.05) is 6.61 Å². The molecule has 0 saturated heterocycles. The van der Waals surface area contributed by atoms with E-state index in [1.807, 2.05) is 0 Å². The highest BCUT2D eigenvalue weighted by Gasteiger charge is 1.94. The third kappa shape index (κ3) is 3.46. The fourth-order valence-electron chi connectivity index (χ4n) is 0.272. The van der Waals surface area contributed by atoms with E-state index in [0.29, 0.717) is 6.42 Å². The highest BCUT2D eigenvalue weighted by atomic mass is 16.3. The summed E-state index contributed by atoms with van der Waals surface area (Å²) >= 11 is 0. The Balaban J connectivity index is 2.98. The number of hydrogen-bond acceptors (Lipinski definition) is 2. The van der Waals surface area contributed by atoms with Crippen LogP contribution in [0.25, 0.3) is 0 Å². The standard InChI is InChI=1S/C5H10O2/c1-5(4-7)2-3-6/h4-6H,2-3H2,1H3. The van der Waals surface area contributed by atoms with Gasteiger partial charge in [-0.1, -0.05) is 6.92 Å². The van der Waals surface area contributed by atoms with Crippen LogP contribution >= 0.6 is 0 Å². The maximum Gasteiger partial charge on any atom is 0.122 e. The van der Waals surface area contributed by atoms with Gasteiger partial charge in [-0.3, -0.25) is 0 Å². The van der Waals surface area contributed by atoms with E-state index in [0.717, 1.165) is 6.29 Å². The first-order valence-electron chi connectivity index (χ1n) is 2.37. The van der Waals surface area contributed by atoms with E-state index in [9.17, 15) is 4.79 Å². The lowest BCUT2D eigenvalue weighted by Crippen LogP contribution is -1.97. The third-order valence-corrected chi connectivity index (χ3v) is 0.817. The van der Waals surface area contributed by atoms with Crippen molar-refractivity contribution < 1.29 is 9.90 Å². The molecule has 0 heterocycles. The third-order valence-electron chi connectivity index (χ3n) is 0.817. The molecule has 0 aliphatic heterocycles. The first-order chi connectivity index (χ1) is 3.31. The Morgan fingerprint density at radius 1 is 1.86 bits per heavy atom. The van der Waals surface area contributed by atoms with Gasteiger partial charge in [0, 0.05) is 12.5 Å². The number of hydrogen-bond donors (Lipinski definition) is 1. The fourth-order valence-corrected chi connectivity index (χ4v) is 0.272. The molecule has 0 amide bonds. The van der Waals surface area contributed by atoms with E-state index in [2.05, 4.69) is 0 Å². The summed E-state index contributed by atoms with van der Waals surface area (Å²) in [7, 11) is 0. The molecule has 2 nitrogen and oxygen atoms in total. The number of carbonyl (C=O) groups is 1. The van der Waals surface area contributed by atoms with Crippen molar-refractivity contribution in [3.05, 3.63) is 0 Å². The van der Waals surface area contributed by atoms with E-state index >= 15 is 0 Å². The summed E-state index contributed by atoms with van der Waals surface area (Å²) in [5.41, 5.74) is 0. The van der Waals surface area contributed by atoms with Crippen LogP contribution in [0.2, 0.25) is 0 Å². The van der Waals surface area contributed by atoms with E-state index in [1.54, 1.807) is 6.92 Å². The second kappa shape index (κ2) is 3.81. The monoisotopic (exact) mass is 102 g/mol. The number of rotatable bonds is 3. The van der Waals surface area contributed by atoms with Crippen molar-refractivity contribution in [2.24, 2.45) is 5.92 Å². The highest BCUT2D eigenvalue weighted by molar-refractivity contribution is 5.52. The van der Waals surface area contributed by atoms with E-state index in [1.165, 1.54) is 0 Å². The van der Waals surface area contributed by atoms with Crippen LogP contribution in [0.1, 0.15) is 13.3 Å². The molecule has 0 fully saturated rings. The lowest BCUT2D eigenvalue weighted by molar-refractivity contribution is -0.111. The molecule has 7 heavy (non-hydrogen) atoms. The van der Waals surface area contributed by atoms with Crippen molar-refractivity contribution >= 4 is 6.29 Å². The number of aldehydes is 1. The van der Waals surface area contributed by atoms with Crippen molar-refractivity contribution in [1.82, 2.24) is 0 Å². The van der Waals surface area contributed by atoms with Crippen LogP contribution in [0.5, 0.6) is 0 Å². The maximum absolute atomic E-state index is 9.78. The fraction of sp³-hybridized carbons (Fsp3) is 0.800. The minimum Gasteiger partial charge on any atom is -0.396 e. The summed E-state index contributed by atoms with van der Waals surface area (Å²) in [6.07, 6.45) is 1.43. The molecule has 0 spiro atoms. The minimum absolute atomic E-state index is 0.0185. The topological polar surface area (TPSA) is 37.3 Å². The Morgan fingerprint density at radius 3 is 2.57 bits per heavy atom. The average molecular weight is 102 g/mol. The van der Waals surface area contributed by atoms with Crippen LogP contribution in [-0.2, 0) is 4.79 Å². The van der Waals surface area contributed by atoms with Gasteiger partial charge in [0.1, 0.15) is 6.29 Å². The van der Waals surface area contributed by atoms with Gasteiger partial charge in [-0.25, -0.2) is 0 Å². The maximum atomic E-state index is 9.78. The zero-order valence-corrected chi connectivity index (χ0v) is 4.42. The quantitative estimate of drug-likeness (QED) is 0.517. The zero-order chi connectivity index (χ0) is 5.70. The lowest BCUT2D eigenvalue weighted by Gasteiger charge is -1.94. The Hall–Kier alpha value is -0.370. The molecule has 0 rings (SSSR count). The van der Waals surface area contributed by atoms with Crippen molar-refractivity contribution in [3.63, 3.8) is 0 Å². The predicted molar refractivity (Wildman–Crippen MR) is 26.9 cm³/mol. The molecule has 0 aliphatic rings. The Bertz CT molecular complexity index is 52.0. The Morgan fingerprint density at radius 2 is 2.43 bits per heavy atom. The molecule has 0 bridgehead atoms. The largest absolute Gasteiger partial charge is 0.396 e. The van der Waals surface area contributed by atoms with Gasteiger partial charge >= 0.3 is 0 Å². The number of carbonyl (C=O) groups excluding carboxylic acids is 1. The van der Waals surface area contributed by atoms with Gasteiger partial charge in [-0.2, -0.15) is 0 Å². The number of aliphatic hydroxyl groups excluding tert-OH is 1. The van der Waals surface area contributed by atoms with Crippen LogP contribution in [0, 0.1) is 5.92 Å². The van der Waals surface area contributed by atoms with E-state index in [-0.39, 0.29) is 12.5 Å². The average Bonchev–Trinajstić information content (AvgIpc) is 1.68. The zero-order valence-electron chi connectivity index (χ0n) is 4.42. The van der Waals surface area contributed by atoms with Gasteiger partial charge in [-0.05, 0) is 6.42 Å². The Kier molecular flexibility index (Phi) is 3.61. The summed E-state index contributed by atoms with van der Waals surface area (Å²) in [6.45, 7) is 1.89. The molecule has 0 aromatic carbocycles. The molecule has 1 unspecified atom stereocenters. The van der Waals surface area contributed by atoms with Crippen LogP contribution in [0.15, 0.2) is 0 Å². The minimum atomic E-state index is 0.0185. The SMILES string of the molecule is CC(C=O)CCO. The first-order valence-corrected chi connectivity index (χ1v) is 2.37. The Labute approximate surface area is 43.2 Å². The van der Waals surface area contributed by atoms with Gasteiger partial charge in [0.15, 0.2) is 0 Å². The van der Waals surface area contributed by atoms with Gasteiger partial charge in [0.2, 0.25) is 0 Å². The smallest absolute Gasteiger partial charge is 0.122 e. The van der Waals surface area contributed by atoms with Crippen LogP contribution < -0.4 is 0 Å². The molecule has 0 aliphatic carbocycles. The summed E-state index contributed by atoms with van der Waals surface area (Å²) in [6, 6.07) is 0. The molecule has 1 N–H and O–H groups in total. The second-order valence-electron chi connectivity index (χ2n) is 1.63. The van der Waals surface area contributed by atoms with E-state index < -0.39 is 0 Å². The van der Waals surface area contributed by atoms with Gasteiger partial charge in [0.05, 0.1) is 0 Å².